The molecule has 190 valence electrons. The van der Waals surface area contributed by atoms with Crippen molar-refractivity contribution in [2.45, 2.75) is 51.7 Å². The average Bonchev–Trinajstić information content (AvgIpc) is 3.15. The highest BCUT2D eigenvalue weighted by Crippen LogP contribution is 2.53. The third-order valence-electron chi connectivity index (χ3n) is 8.18. The van der Waals surface area contributed by atoms with Crippen LogP contribution >= 0.6 is 0 Å². The molecule has 2 aliphatic carbocycles. The highest BCUT2D eigenvalue weighted by Gasteiger charge is 2.54. The van der Waals surface area contributed by atoms with Gasteiger partial charge in [-0.1, -0.05) is 24.3 Å². The molecule has 7 atom stereocenters. The number of pyridine rings is 1. The van der Waals surface area contributed by atoms with Crippen molar-refractivity contribution in [3.8, 4) is 11.1 Å². The highest BCUT2D eigenvalue weighted by molar-refractivity contribution is 5.75. The van der Waals surface area contributed by atoms with E-state index in [-0.39, 0.29) is 47.8 Å². The molecule has 0 radical (unpaired) electrons. The van der Waals surface area contributed by atoms with Crippen LogP contribution in [0.5, 0.6) is 0 Å². The van der Waals surface area contributed by atoms with Crippen molar-refractivity contribution in [2.24, 2.45) is 29.6 Å². The third-order valence-corrected chi connectivity index (χ3v) is 8.18. The third kappa shape index (κ3) is 5.01. The molecular formula is C29H33FN2O4. The molecule has 0 bridgehead atoms. The fourth-order valence-corrected chi connectivity index (χ4v) is 6.64. The second-order valence-electron chi connectivity index (χ2n) is 10.3. The normalized spacial score (nSPS) is 31.4. The number of rotatable bonds is 5. The molecule has 1 amide bonds. The van der Waals surface area contributed by atoms with Crippen molar-refractivity contribution in [2.75, 3.05) is 6.61 Å². The summed E-state index contributed by atoms with van der Waals surface area (Å²) in [7, 11) is 0. The summed E-state index contributed by atoms with van der Waals surface area (Å²) in [5.74, 6) is 0.629. The van der Waals surface area contributed by atoms with E-state index in [1.54, 1.807) is 19.2 Å². The maximum Gasteiger partial charge on any atom is 0.407 e. The smallest absolute Gasteiger partial charge is 0.407 e. The van der Waals surface area contributed by atoms with Crippen LogP contribution in [0.3, 0.4) is 0 Å². The summed E-state index contributed by atoms with van der Waals surface area (Å²) >= 11 is 0. The number of hydrogen-bond acceptors (Lipinski definition) is 5. The second-order valence-corrected chi connectivity index (χ2v) is 10.3. The number of hydrogen-bond donors (Lipinski definition) is 1. The minimum atomic E-state index is -0.368. The van der Waals surface area contributed by atoms with Gasteiger partial charge in [0.25, 0.3) is 0 Å². The molecule has 5 rings (SSSR count). The number of esters is 1. The molecule has 7 heteroatoms. The first-order valence-electron chi connectivity index (χ1n) is 13.0. The van der Waals surface area contributed by atoms with Gasteiger partial charge in [-0.25, -0.2) is 9.18 Å². The Morgan fingerprint density at radius 1 is 1.22 bits per heavy atom. The second kappa shape index (κ2) is 10.4. The maximum absolute atomic E-state index is 13.6. The fraction of sp³-hybridized carbons (Fsp3) is 0.483. The number of aromatic nitrogens is 1. The lowest BCUT2D eigenvalue weighted by molar-refractivity contribution is -0.144. The first-order chi connectivity index (χ1) is 17.4. The molecule has 2 saturated carbocycles. The van der Waals surface area contributed by atoms with Gasteiger partial charge in [-0.05, 0) is 87.1 Å². The molecule has 2 heterocycles. The summed E-state index contributed by atoms with van der Waals surface area (Å²) in [6, 6.07) is 10.4. The lowest BCUT2D eigenvalue weighted by Crippen LogP contribution is -2.48. The van der Waals surface area contributed by atoms with Gasteiger partial charge in [-0.2, -0.15) is 0 Å². The Balaban J connectivity index is 1.34. The van der Waals surface area contributed by atoms with Gasteiger partial charge in [0.2, 0.25) is 0 Å². The van der Waals surface area contributed by atoms with Crippen LogP contribution in [0.1, 0.15) is 45.2 Å². The fourth-order valence-electron chi connectivity index (χ4n) is 6.64. The van der Waals surface area contributed by atoms with Crippen LogP contribution < -0.4 is 5.32 Å². The van der Waals surface area contributed by atoms with Crippen LogP contribution in [-0.4, -0.2) is 35.8 Å². The Morgan fingerprint density at radius 2 is 2.08 bits per heavy atom. The molecule has 3 fully saturated rings. The maximum atomic E-state index is 13.6. The standard InChI is InChI=1S/C29H33FN2O4/c1-3-35-29(34)32-23-10-11-24-20(14-23)15-26-27(17(2)36-28(26)33)25(24)12-9-22-8-7-19(16-31-22)18-5-4-6-21(30)13-18/h4-9,12-13,16-17,20,23-27H,3,10-11,14-15H2,1-2H3,(H,32,34)/b12-9+/t17-,20+,23-,24-,25-,26+,27+/m0/s1. The van der Waals surface area contributed by atoms with E-state index in [1.165, 1.54) is 12.1 Å². The highest BCUT2D eigenvalue weighted by atomic mass is 19.1. The Hall–Kier alpha value is -3.22. The topological polar surface area (TPSA) is 77.5 Å². The van der Waals surface area contributed by atoms with Crippen molar-refractivity contribution in [3.63, 3.8) is 0 Å². The lowest BCUT2D eigenvalue weighted by atomic mass is 9.57. The summed E-state index contributed by atoms with van der Waals surface area (Å²) in [6.07, 6.45) is 9.07. The Kier molecular flexibility index (Phi) is 7.08. The number of allylic oxidation sites excluding steroid dienone is 1. The molecule has 1 N–H and O–H groups in total. The summed E-state index contributed by atoms with van der Waals surface area (Å²) in [5.41, 5.74) is 2.48. The predicted octanol–water partition coefficient (Wildman–Crippen LogP) is 5.63. The van der Waals surface area contributed by atoms with Gasteiger partial charge in [0, 0.05) is 23.7 Å². The van der Waals surface area contributed by atoms with Crippen LogP contribution in [0, 0.1) is 35.4 Å². The first kappa shape index (κ1) is 24.5. The monoisotopic (exact) mass is 492 g/mol. The number of halogens is 1. The van der Waals surface area contributed by atoms with Gasteiger partial charge in [-0.3, -0.25) is 9.78 Å². The van der Waals surface area contributed by atoms with Gasteiger partial charge >= 0.3 is 12.1 Å². The number of carbonyl (C=O) groups excluding carboxylic acids is 2. The number of fused-ring (bicyclic) bond motifs is 2. The minimum Gasteiger partial charge on any atom is -0.462 e. The number of nitrogens with zero attached hydrogens (tertiary/aromatic N) is 1. The quantitative estimate of drug-likeness (QED) is 0.548. The molecule has 3 aliphatic rings. The molecular weight excluding hydrogens is 459 g/mol. The van der Waals surface area contributed by atoms with E-state index in [4.69, 9.17) is 9.47 Å². The van der Waals surface area contributed by atoms with Crippen LogP contribution in [0.2, 0.25) is 0 Å². The van der Waals surface area contributed by atoms with E-state index in [2.05, 4.69) is 16.4 Å². The van der Waals surface area contributed by atoms with Crippen LogP contribution in [0.4, 0.5) is 9.18 Å². The Morgan fingerprint density at radius 3 is 2.83 bits per heavy atom. The van der Waals surface area contributed by atoms with E-state index in [0.29, 0.717) is 18.4 Å². The number of amides is 1. The number of cyclic esters (lactones) is 1. The van der Waals surface area contributed by atoms with E-state index in [1.807, 2.05) is 31.2 Å². The molecule has 0 spiro atoms. The number of benzene rings is 1. The molecule has 2 aromatic rings. The van der Waals surface area contributed by atoms with Crippen LogP contribution in [0.15, 0.2) is 48.7 Å². The predicted molar refractivity (Wildman–Crippen MR) is 134 cm³/mol. The Labute approximate surface area is 211 Å². The first-order valence-corrected chi connectivity index (χ1v) is 13.0. The number of ether oxygens (including phenoxy) is 2. The summed E-state index contributed by atoms with van der Waals surface area (Å²) in [6.45, 7) is 4.15. The van der Waals surface area contributed by atoms with Gasteiger partial charge in [-0.15, -0.1) is 0 Å². The van der Waals surface area contributed by atoms with Gasteiger partial charge in [0.1, 0.15) is 11.9 Å². The van der Waals surface area contributed by atoms with Crippen LogP contribution in [0.25, 0.3) is 17.2 Å². The zero-order chi connectivity index (χ0) is 25.2. The van der Waals surface area contributed by atoms with Crippen molar-refractivity contribution in [3.05, 3.63) is 60.2 Å². The average molecular weight is 493 g/mol. The van der Waals surface area contributed by atoms with Crippen molar-refractivity contribution in [1.82, 2.24) is 10.3 Å². The van der Waals surface area contributed by atoms with Gasteiger partial charge in [0.15, 0.2) is 0 Å². The van der Waals surface area contributed by atoms with Crippen molar-refractivity contribution >= 4 is 18.1 Å². The molecule has 36 heavy (non-hydrogen) atoms. The number of carbonyl (C=O) groups is 2. The molecule has 1 saturated heterocycles. The van der Waals surface area contributed by atoms with Crippen molar-refractivity contribution < 1.29 is 23.5 Å². The van der Waals surface area contributed by atoms with Gasteiger partial charge < -0.3 is 14.8 Å². The summed E-state index contributed by atoms with van der Waals surface area (Å²) in [4.78, 5) is 29.2. The molecule has 0 unspecified atom stereocenters. The van der Waals surface area contributed by atoms with E-state index in [9.17, 15) is 14.0 Å². The minimum absolute atomic E-state index is 0.0679. The molecule has 1 aromatic heterocycles. The van der Waals surface area contributed by atoms with E-state index < -0.39 is 0 Å². The lowest BCUT2D eigenvalue weighted by Gasteiger charge is -2.47. The molecule has 6 nitrogen and oxygen atoms in total. The number of nitrogens with one attached hydrogen (secondary N) is 1. The zero-order valence-corrected chi connectivity index (χ0v) is 20.7. The van der Waals surface area contributed by atoms with Crippen molar-refractivity contribution in [1.29, 1.82) is 0 Å². The largest absolute Gasteiger partial charge is 0.462 e. The molecule has 1 aromatic carbocycles. The summed E-state index contributed by atoms with van der Waals surface area (Å²) < 4.78 is 24.3. The SMILES string of the molecule is CCOC(=O)N[C@H]1CC[C@H]2[C@H](C1)C[C@H]1C(=O)O[C@@H](C)[C@@H]1[C@H]2/C=C/c1ccc(-c2cccc(F)c2)cn1. The Bertz CT molecular complexity index is 1130. The zero-order valence-electron chi connectivity index (χ0n) is 20.7. The summed E-state index contributed by atoms with van der Waals surface area (Å²) in [5, 5.41) is 3.00. The number of alkyl carbamates (subject to hydrolysis) is 1. The van der Waals surface area contributed by atoms with Gasteiger partial charge in [0.05, 0.1) is 18.2 Å². The van der Waals surface area contributed by atoms with Crippen LogP contribution in [-0.2, 0) is 14.3 Å². The molecule has 1 aliphatic heterocycles. The van der Waals surface area contributed by atoms with E-state index >= 15 is 0 Å². The van der Waals surface area contributed by atoms with E-state index in [0.717, 1.165) is 42.5 Å².